The Balaban J connectivity index is 2.08. The fourth-order valence-corrected chi connectivity index (χ4v) is 4.12. The quantitative estimate of drug-likeness (QED) is 0.721. The summed E-state index contributed by atoms with van der Waals surface area (Å²) in [5, 5.41) is 4.38. The largest absolute Gasteiger partial charge is 0.381 e. The topological polar surface area (TPSA) is 38.3 Å². The first-order valence-electron chi connectivity index (χ1n) is 7.95. The molecule has 0 aromatic heterocycles. The number of benzene rings is 1. The zero-order valence-electron chi connectivity index (χ0n) is 13.4. The summed E-state index contributed by atoms with van der Waals surface area (Å²) in [6.45, 7) is 4.05. The van der Waals surface area contributed by atoms with Crippen molar-refractivity contribution < 1.29 is 9.53 Å². The molecule has 0 unspecified atom stereocenters. The Hall–Kier alpha value is -0.420. The highest BCUT2D eigenvalue weighted by atomic mass is 35.5. The van der Waals surface area contributed by atoms with Crippen LogP contribution < -0.4 is 5.32 Å². The third kappa shape index (κ3) is 5.28. The average molecular weight is 376 g/mol. The molecule has 0 spiro atoms. The maximum absolute atomic E-state index is 12.1. The van der Waals surface area contributed by atoms with Crippen molar-refractivity contribution >= 4 is 40.9 Å². The molecule has 0 bridgehead atoms. The number of thioether (sulfide) groups is 1. The summed E-state index contributed by atoms with van der Waals surface area (Å²) in [6.07, 6.45) is 2.25. The first kappa shape index (κ1) is 18.9. The van der Waals surface area contributed by atoms with E-state index < -0.39 is 0 Å². The second-order valence-corrected chi connectivity index (χ2v) is 7.98. The highest BCUT2D eigenvalue weighted by Gasteiger charge is 2.36. The van der Waals surface area contributed by atoms with Gasteiger partial charge < -0.3 is 10.1 Å². The minimum absolute atomic E-state index is 0.0990. The lowest BCUT2D eigenvalue weighted by Crippen LogP contribution is -2.44. The van der Waals surface area contributed by atoms with Crippen LogP contribution in [0.25, 0.3) is 0 Å². The van der Waals surface area contributed by atoms with Crippen LogP contribution in [0.5, 0.6) is 0 Å². The van der Waals surface area contributed by atoms with E-state index in [4.69, 9.17) is 27.9 Å². The van der Waals surface area contributed by atoms with Crippen molar-refractivity contribution in [3.05, 3.63) is 33.8 Å². The van der Waals surface area contributed by atoms with Crippen LogP contribution in [0.2, 0.25) is 10.0 Å². The van der Waals surface area contributed by atoms with Gasteiger partial charge in [0.1, 0.15) is 0 Å². The van der Waals surface area contributed by atoms with Gasteiger partial charge in [-0.15, -0.1) is 0 Å². The molecule has 1 aromatic rings. The third-order valence-corrected chi connectivity index (χ3v) is 5.70. The Labute approximate surface area is 152 Å². The molecule has 3 nitrogen and oxygen atoms in total. The van der Waals surface area contributed by atoms with Crippen LogP contribution in [0.15, 0.2) is 18.2 Å². The molecule has 2 rings (SSSR count). The Kier molecular flexibility index (Phi) is 7.54. The lowest BCUT2D eigenvalue weighted by molar-refractivity contribution is -0.121. The monoisotopic (exact) mass is 375 g/mol. The summed E-state index contributed by atoms with van der Waals surface area (Å²) in [4.78, 5) is 12.1. The van der Waals surface area contributed by atoms with Crippen molar-refractivity contribution in [2.75, 3.05) is 31.3 Å². The van der Waals surface area contributed by atoms with Gasteiger partial charge in [-0.3, -0.25) is 4.79 Å². The molecule has 1 heterocycles. The number of halogens is 2. The molecule has 6 heteroatoms. The first-order chi connectivity index (χ1) is 11.1. The van der Waals surface area contributed by atoms with Crippen LogP contribution in [0.3, 0.4) is 0 Å². The van der Waals surface area contributed by atoms with Gasteiger partial charge in [-0.25, -0.2) is 0 Å². The van der Waals surface area contributed by atoms with E-state index in [2.05, 4.69) is 12.2 Å². The minimum atomic E-state index is -0.173. The summed E-state index contributed by atoms with van der Waals surface area (Å²) < 4.78 is 5.51. The van der Waals surface area contributed by atoms with Crippen molar-refractivity contribution in [1.82, 2.24) is 5.32 Å². The second-order valence-electron chi connectivity index (χ2n) is 5.74. The number of nitrogens with one attached hydrogen (secondary N) is 1. The number of carbonyl (C=O) groups excluding carboxylic acids is 1. The first-order valence-corrected chi connectivity index (χ1v) is 9.86. The number of ether oxygens (including phenoxy) is 1. The summed E-state index contributed by atoms with van der Waals surface area (Å²) in [6, 6.07) is 5.62. The predicted molar refractivity (Wildman–Crippen MR) is 98.8 cm³/mol. The van der Waals surface area contributed by atoms with Crippen molar-refractivity contribution in [2.24, 2.45) is 0 Å². The molecule has 23 heavy (non-hydrogen) atoms. The molecule has 1 aliphatic heterocycles. The summed E-state index contributed by atoms with van der Waals surface area (Å²) in [7, 11) is 0. The number of hydrogen-bond acceptors (Lipinski definition) is 3. The summed E-state index contributed by atoms with van der Waals surface area (Å²) in [5.74, 6) is 2.00. The van der Waals surface area contributed by atoms with Gasteiger partial charge in [-0.1, -0.05) is 36.2 Å². The second kappa shape index (κ2) is 9.16. The van der Waals surface area contributed by atoms with Crippen molar-refractivity contribution in [1.29, 1.82) is 0 Å². The molecule has 1 amide bonds. The van der Waals surface area contributed by atoms with Gasteiger partial charge in [0, 0.05) is 47.4 Å². The zero-order chi connectivity index (χ0) is 16.7. The van der Waals surface area contributed by atoms with Crippen LogP contribution in [0.1, 0.15) is 31.7 Å². The number of carbonyl (C=O) groups is 1. The van der Waals surface area contributed by atoms with E-state index in [0.717, 1.165) is 29.9 Å². The van der Waals surface area contributed by atoms with E-state index >= 15 is 0 Å². The summed E-state index contributed by atoms with van der Waals surface area (Å²) in [5.41, 5.74) is 0.878. The van der Waals surface area contributed by atoms with E-state index in [-0.39, 0.29) is 11.3 Å². The molecule has 0 atom stereocenters. The molecule has 0 saturated carbocycles. The van der Waals surface area contributed by atoms with Crippen LogP contribution in [0, 0.1) is 0 Å². The predicted octanol–water partition coefficient (Wildman–Crippen LogP) is 4.30. The molecule has 0 radical (unpaired) electrons. The number of amides is 1. The SMILES string of the molecule is CCSCCC(=O)NCC1(c2ccc(Cl)cc2Cl)CCOCC1. The van der Waals surface area contributed by atoms with Gasteiger partial charge in [-0.2, -0.15) is 11.8 Å². The fraction of sp³-hybridized carbons (Fsp3) is 0.588. The van der Waals surface area contributed by atoms with Crippen LogP contribution in [-0.2, 0) is 14.9 Å². The zero-order valence-corrected chi connectivity index (χ0v) is 15.7. The van der Waals surface area contributed by atoms with Gasteiger partial charge in [0.15, 0.2) is 0 Å². The van der Waals surface area contributed by atoms with Crippen LogP contribution in [0.4, 0.5) is 0 Å². The third-order valence-electron chi connectivity index (χ3n) is 4.25. The van der Waals surface area contributed by atoms with Gasteiger partial charge >= 0.3 is 0 Å². The molecule has 1 N–H and O–H groups in total. The molecule has 1 fully saturated rings. The maximum atomic E-state index is 12.1. The lowest BCUT2D eigenvalue weighted by Gasteiger charge is -2.38. The van der Waals surface area contributed by atoms with E-state index in [1.54, 1.807) is 17.8 Å². The molecule has 128 valence electrons. The van der Waals surface area contributed by atoms with E-state index in [0.29, 0.717) is 36.2 Å². The van der Waals surface area contributed by atoms with Gasteiger partial charge in [0.25, 0.3) is 0 Å². The van der Waals surface area contributed by atoms with Crippen molar-refractivity contribution in [2.45, 2.75) is 31.6 Å². The standard InChI is InChI=1S/C17H23Cl2NO2S/c1-2-23-10-5-16(21)20-12-17(6-8-22-9-7-17)14-4-3-13(18)11-15(14)19/h3-4,11H,2,5-10,12H2,1H3,(H,20,21). The number of hydrogen-bond donors (Lipinski definition) is 1. The number of rotatable bonds is 7. The van der Waals surface area contributed by atoms with Crippen LogP contribution in [-0.4, -0.2) is 37.2 Å². The Morgan fingerprint density at radius 1 is 1.35 bits per heavy atom. The van der Waals surface area contributed by atoms with Crippen molar-refractivity contribution in [3.63, 3.8) is 0 Å². The fourth-order valence-electron chi connectivity index (χ4n) is 2.89. The molecule has 1 aliphatic rings. The molecular formula is C17H23Cl2NO2S. The Morgan fingerprint density at radius 3 is 2.74 bits per heavy atom. The summed E-state index contributed by atoms with van der Waals surface area (Å²) >= 11 is 14.2. The highest BCUT2D eigenvalue weighted by molar-refractivity contribution is 7.99. The Bertz CT molecular complexity index is 533. The van der Waals surface area contributed by atoms with Crippen LogP contribution >= 0.6 is 35.0 Å². The maximum Gasteiger partial charge on any atom is 0.220 e. The minimum Gasteiger partial charge on any atom is -0.381 e. The van der Waals surface area contributed by atoms with Crippen molar-refractivity contribution in [3.8, 4) is 0 Å². The molecule has 0 aliphatic carbocycles. The van der Waals surface area contributed by atoms with Gasteiger partial charge in [-0.05, 0) is 36.3 Å². The molecular weight excluding hydrogens is 353 g/mol. The van der Waals surface area contributed by atoms with E-state index in [1.807, 2.05) is 12.1 Å². The van der Waals surface area contributed by atoms with Gasteiger partial charge in [0.2, 0.25) is 5.91 Å². The van der Waals surface area contributed by atoms with Gasteiger partial charge in [0.05, 0.1) is 0 Å². The average Bonchev–Trinajstić information content (AvgIpc) is 2.54. The molecule has 1 saturated heterocycles. The van der Waals surface area contributed by atoms with E-state index in [9.17, 15) is 4.79 Å². The lowest BCUT2D eigenvalue weighted by atomic mass is 9.74. The Morgan fingerprint density at radius 2 is 2.09 bits per heavy atom. The van der Waals surface area contributed by atoms with E-state index in [1.165, 1.54) is 0 Å². The molecule has 1 aromatic carbocycles. The smallest absolute Gasteiger partial charge is 0.220 e. The highest BCUT2D eigenvalue weighted by Crippen LogP contribution is 2.39. The normalized spacial score (nSPS) is 17.0.